The van der Waals surface area contributed by atoms with Crippen LogP contribution in [0, 0.1) is 11.8 Å². The fourth-order valence-corrected chi connectivity index (χ4v) is 3.15. The van der Waals surface area contributed by atoms with Gasteiger partial charge in [0, 0.05) is 24.7 Å². The number of halogens is 1. The van der Waals surface area contributed by atoms with Crippen molar-refractivity contribution in [2.24, 2.45) is 22.6 Å². The number of nitrogens with zero attached hydrogens (tertiary/aromatic N) is 1. The number of hydrogen-bond acceptors (Lipinski definition) is 3. The molecule has 6 heteroatoms. The van der Waals surface area contributed by atoms with Gasteiger partial charge in [-0.3, -0.25) is 4.99 Å². The number of guanidine groups is 1. The Balaban J connectivity index is 0.00000192. The van der Waals surface area contributed by atoms with Crippen molar-refractivity contribution in [2.75, 3.05) is 25.1 Å². The standard InChI is InChI=1S/C17H25N3O2.HI/c1-12-3-4-13(9-12)11-19-17(18)20-14-5-6-15-16(10-14)22-8-2-7-21-15;/h5-6,10,12-13H,2-4,7-9,11H2,1H3,(H3,18,19,20);1H. The fraction of sp³-hybridized carbons (Fsp3) is 0.588. The molecule has 2 aliphatic rings. The zero-order chi connectivity index (χ0) is 15.4. The Labute approximate surface area is 155 Å². The highest BCUT2D eigenvalue weighted by molar-refractivity contribution is 14.0. The molecule has 23 heavy (non-hydrogen) atoms. The summed E-state index contributed by atoms with van der Waals surface area (Å²) in [6, 6.07) is 5.77. The van der Waals surface area contributed by atoms with Gasteiger partial charge >= 0.3 is 0 Å². The van der Waals surface area contributed by atoms with Crippen LogP contribution in [0.25, 0.3) is 0 Å². The summed E-state index contributed by atoms with van der Waals surface area (Å²) in [4.78, 5) is 4.48. The molecule has 1 saturated carbocycles. The van der Waals surface area contributed by atoms with E-state index in [2.05, 4.69) is 17.2 Å². The van der Waals surface area contributed by atoms with Crippen molar-refractivity contribution in [3.8, 4) is 11.5 Å². The molecular weight excluding hydrogens is 405 g/mol. The van der Waals surface area contributed by atoms with Crippen LogP contribution in [-0.2, 0) is 0 Å². The molecule has 2 unspecified atom stereocenters. The summed E-state index contributed by atoms with van der Waals surface area (Å²) in [5, 5.41) is 3.14. The number of nitrogens with two attached hydrogens (primary N) is 1. The molecular formula is C17H26IN3O2. The van der Waals surface area contributed by atoms with E-state index in [4.69, 9.17) is 15.2 Å². The van der Waals surface area contributed by atoms with Gasteiger partial charge in [-0.25, -0.2) is 0 Å². The summed E-state index contributed by atoms with van der Waals surface area (Å²) in [5.74, 6) is 3.53. The van der Waals surface area contributed by atoms with Crippen LogP contribution in [0.5, 0.6) is 11.5 Å². The molecule has 0 bridgehead atoms. The first-order valence-corrected chi connectivity index (χ1v) is 8.17. The largest absolute Gasteiger partial charge is 0.490 e. The monoisotopic (exact) mass is 431 g/mol. The van der Waals surface area contributed by atoms with Gasteiger partial charge in [0.2, 0.25) is 0 Å². The molecule has 0 spiro atoms. The smallest absolute Gasteiger partial charge is 0.193 e. The number of aliphatic imine (C=N–C) groups is 1. The second kappa shape index (κ2) is 8.61. The van der Waals surface area contributed by atoms with Gasteiger partial charge in [0.1, 0.15) is 0 Å². The van der Waals surface area contributed by atoms with Gasteiger partial charge in [-0.05, 0) is 36.8 Å². The summed E-state index contributed by atoms with van der Waals surface area (Å²) in [6.45, 7) is 4.50. The van der Waals surface area contributed by atoms with Crippen LogP contribution >= 0.6 is 24.0 Å². The number of hydrogen-bond donors (Lipinski definition) is 2. The average molecular weight is 431 g/mol. The molecule has 0 radical (unpaired) electrons. The molecule has 5 nitrogen and oxygen atoms in total. The van der Waals surface area contributed by atoms with E-state index >= 15 is 0 Å². The molecule has 1 fully saturated rings. The lowest BCUT2D eigenvalue weighted by molar-refractivity contribution is 0.297. The number of rotatable bonds is 3. The molecule has 1 aromatic carbocycles. The molecule has 3 N–H and O–H groups in total. The van der Waals surface area contributed by atoms with Crippen molar-refractivity contribution in [3.63, 3.8) is 0 Å². The quantitative estimate of drug-likeness (QED) is 0.436. The molecule has 1 aromatic rings. The Bertz CT molecular complexity index is 551. The lowest BCUT2D eigenvalue weighted by Crippen LogP contribution is -2.23. The summed E-state index contributed by atoms with van der Waals surface area (Å²) in [7, 11) is 0. The zero-order valence-electron chi connectivity index (χ0n) is 13.6. The highest BCUT2D eigenvalue weighted by atomic mass is 127. The number of benzene rings is 1. The number of ether oxygens (including phenoxy) is 2. The lowest BCUT2D eigenvalue weighted by atomic mass is 10.1. The Morgan fingerprint density at radius 1 is 1.26 bits per heavy atom. The minimum Gasteiger partial charge on any atom is -0.490 e. The first-order chi connectivity index (χ1) is 10.7. The molecule has 0 saturated heterocycles. The second-order valence-electron chi connectivity index (χ2n) is 6.35. The van der Waals surface area contributed by atoms with Crippen LogP contribution < -0.4 is 20.5 Å². The van der Waals surface area contributed by atoms with Gasteiger partial charge in [-0.1, -0.05) is 13.3 Å². The van der Waals surface area contributed by atoms with Crippen molar-refractivity contribution in [1.82, 2.24) is 0 Å². The van der Waals surface area contributed by atoms with Crippen LogP contribution in [0.15, 0.2) is 23.2 Å². The third-order valence-electron chi connectivity index (χ3n) is 4.34. The van der Waals surface area contributed by atoms with Crippen molar-refractivity contribution in [2.45, 2.75) is 32.6 Å². The van der Waals surface area contributed by atoms with Crippen LogP contribution in [0.4, 0.5) is 5.69 Å². The third kappa shape index (κ3) is 5.16. The molecule has 128 valence electrons. The van der Waals surface area contributed by atoms with E-state index in [0.29, 0.717) is 25.1 Å². The minimum absolute atomic E-state index is 0. The summed E-state index contributed by atoms with van der Waals surface area (Å²) >= 11 is 0. The minimum atomic E-state index is 0. The summed E-state index contributed by atoms with van der Waals surface area (Å²) < 4.78 is 11.3. The number of anilines is 1. The maximum Gasteiger partial charge on any atom is 0.193 e. The molecule has 1 aliphatic carbocycles. The highest BCUT2D eigenvalue weighted by Gasteiger charge is 2.20. The predicted octanol–water partition coefficient (Wildman–Crippen LogP) is 3.63. The van der Waals surface area contributed by atoms with Crippen LogP contribution in [0.2, 0.25) is 0 Å². The normalized spacial score (nSPS) is 23.8. The Morgan fingerprint density at radius 2 is 2.04 bits per heavy atom. The second-order valence-corrected chi connectivity index (χ2v) is 6.35. The Kier molecular flexibility index (Phi) is 6.80. The molecule has 1 heterocycles. The van der Waals surface area contributed by atoms with Gasteiger partial charge < -0.3 is 20.5 Å². The molecule has 0 aromatic heterocycles. The summed E-state index contributed by atoms with van der Waals surface area (Å²) in [6.07, 6.45) is 4.75. The van der Waals surface area contributed by atoms with Gasteiger partial charge in [0.05, 0.1) is 13.2 Å². The first kappa shape index (κ1) is 18.2. The van der Waals surface area contributed by atoms with E-state index in [1.54, 1.807) is 0 Å². The molecule has 3 rings (SSSR count). The van der Waals surface area contributed by atoms with Gasteiger partial charge in [0.15, 0.2) is 17.5 Å². The van der Waals surface area contributed by atoms with Gasteiger partial charge in [-0.2, -0.15) is 0 Å². The van der Waals surface area contributed by atoms with E-state index in [0.717, 1.165) is 36.1 Å². The van der Waals surface area contributed by atoms with E-state index in [-0.39, 0.29) is 24.0 Å². The average Bonchev–Trinajstić information content (AvgIpc) is 2.78. The Hall–Kier alpha value is -1.18. The zero-order valence-corrected chi connectivity index (χ0v) is 15.9. The number of fused-ring (bicyclic) bond motifs is 1. The fourth-order valence-electron chi connectivity index (χ4n) is 3.15. The first-order valence-electron chi connectivity index (χ1n) is 8.17. The van der Waals surface area contributed by atoms with E-state index in [1.165, 1.54) is 19.3 Å². The highest BCUT2D eigenvalue weighted by Crippen LogP contribution is 2.32. The van der Waals surface area contributed by atoms with Crippen molar-refractivity contribution in [3.05, 3.63) is 18.2 Å². The number of nitrogens with one attached hydrogen (secondary N) is 1. The lowest BCUT2D eigenvalue weighted by Gasteiger charge is -2.11. The molecule has 2 atom stereocenters. The van der Waals surface area contributed by atoms with Gasteiger partial charge in [0.25, 0.3) is 0 Å². The van der Waals surface area contributed by atoms with Crippen LogP contribution in [0.1, 0.15) is 32.6 Å². The van der Waals surface area contributed by atoms with E-state index < -0.39 is 0 Å². The van der Waals surface area contributed by atoms with E-state index in [1.807, 2.05) is 18.2 Å². The SMILES string of the molecule is CC1CCC(CN=C(N)Nc2ccc3c(c2)OCCCO3)C1.I. The van der Waals surface area contributed by atoms with E-state index in [9.17, 15) is 0 Å². The van der Waals surface area contributed by atoms with Gasteiger partial charge in [-0.15, -0.1) is 24.0 Å². The topological polar surface area (TPSA) is 68.9 Å². The Morgan fingerprint density at radius 3 is 2.78 bits per heavy atom. The molecule has 1 aliphatic heterocycles. The maximum atomic E-state index is 5.99. The van der Waals surface area contributed by atoms with Crippen molar-refractivity contribution < 1.29 is 9.47 Å². The van der Waals surface area contributed by atoms with Crippen molar-refractivity contribution >= 4 is 35.6 Å². The summed E-state index contributed by atoms with van der Waals surface area (Å²) in [5.41, 5.74) is 6.87. The maximum absolute atomic E-state index is 5.99. The van der Waals surface area contributed by atoms with Crippen LogP contribution in [-0.4, -0.2) is 25.7 Å². The third-order valence-corrected chi connectivity index (χ3v) is 4.34. The molecule has 0 amide bonds. The van der Waals surface area contributed by atoms with Crippen LogP contribution in [0.3, 0.4) is 0 Å². The predicted molar refractivity (Wildman–Crippen MR) is 104 cm³/mol. The van der Waals surface area contributed by atoms with Crippen molar-refractivity contribution in [1.29, 1.82) is 0 Å².